The average molecular weight is 427 g/mol. The number of carbonyl (C=O) groups excluding carboxylic acids is 1. The number of unbranched alkanes of at least 4 members (excludes halogenated alkanes) is 1. The lowest BCUT2D eigenvalue weighted by molar-refractivity contribution is -0.116. The molecule has 1 aliphatic rings. The molecule has 7 nitrogen and oxygen atoms in total. The number of hydrogen-bond acceptors (Lipinski definition) is 6. The van der Waals surface area contributed by atoms with Gasteiger partial charge in [-0.3, -0.25) is 9.69 Å². The van der Waals surface area contributed by atoms with E-state index in [0.717, 1.165) is 48.9 Å². The van der Waals surface area contributed by atoms with Gasteiger partial charge in [-0.15, -0.1) is 10.2 Å². The number of aromatic nitrogens is 3. The van der Waals surface area contributed by atoms with Crippen molar-refractivity contribution >= 4 is 23.4 Å². The van der Waals surface area contributed by atoms with E-state index in [9.17, 15) is 4.79 Å². The van der Waals surface area contributed by atoms with Crippen LogP contribution in [-0.4, -0.2) is 51.5 Å². The molecular weight excluding hydrogens is 396 g/mol. The smallest absolute Gasteiger partial charge is 0.240 e. The Morgan fingerprint density at radius 2 is 2.00 bits per heavy atom. The topological polar surface area (TPSA) is 78.0 Å². The van der Waals surface area contributed by atoms with Crippen LogP contribution in [0.15, 0.2) is 29.4 Å². The molecule has 0 radical (unpaired) electrons. The molecule has 1 aromatic carbocycles. The van der Waals surface area contributed by atoms with Crippen LogP contribution in [0.5, 0.6) is 0 Å². The Hall–Kier alpha value is -2.37. The van der Waals surface area contributed by atoms with Crippen molar-refractivity contribution in [2.24, 2.45) is 0 Å². The number of thioether (sulfide) groups is 1. The van der Waals surface area contributed by atoms with Crippen LogP contribution in [-0.2, 0) is 11.3 Å². The van der Waals surface area contributed by atoms with E-state index in [1.54, 1.807) is 17.0 Å². The van der Waals surface area contributed by atoms with Gasteiger partial charge in [0.25, 0.3) is 0 Å². The first-order valence-corrected chi connectivity index (χ1v) is 11.5. The number of anilines is 1. The van der Waals surface area contributed by atoms with Gasteiger partial charge in [0, 0.05) is 18.8 Å². The summed E-state index contributed by atoms with van der Waals surface area (Å²) in [5.74, 6) is 1.07. The van der Waals surface area contributed by atoms with E-state index >= 15 is 0 Å². The van der Waals surface area contributed by atoms with Crippen LogP contribution in [0.25, 0.3) is 0 Å². The highest BCUT2D eigenvalue weighted by atomic mass is 32.2. The summed E-state index contributed by atoms with van der Waals surface area (Å²) in [5.41, 5.74) is 1.44. The zero-order chi connectivity index (χ0) is 21.7. The Labute approximate surface area is 183 Å². The summed E-state index contributed by atoms with van der Waals surface area (Å²) in [6.45, 7) is 5.88. The molecule has 1 amide bonds. The first-order valence-electron chi connectivity index (χ1n) is 10.6. The van der Waals surface area contributed by atoms with Crippen molar-refractivity contribution in [1.82, 2.24) is 19.7 Å². The van der Waals surface area contributed by atoms with E-state index < -0.39 is 0 Å². The first kappa shape index (κ1) is 22.3. The molecule has 1 aromatic heterocycles. The number of nitrogens with zero attached hydrogens (tertiary/aromatic N) is 6. The molecule has 0 aliphatic carbocycles. The van der Waals surface area contributed by atoms with Crippen LogP contribution < -0.4 is 4.90 Å². The van der Waals surface area contributed by atoms with Gasteiger partial charge in [-0.2, -0.15) is 5.26 Å². The number of amides is 1. The average Bonchev–Trinajstić information content (AvgIpc) is 3.31. The molecule has 8 heteroatoms. The fraction of sp³-hybridized carbons (Fsp3) is 0.545. The highest BCUT2D eigenvalue weighted by molar-refractivity contribution is 8.00. The van der Waals surface area contributed by atoms with E-state index in [1.165, 1.54) is 11.8 Å². The second-order valence-electron chi connectivity index (χ2n) is 7.78. The maximum absolute atomic E-state index is 13.1. The lowest BCUT2D eigenvalue weighted by Gasteiger charge is -2.23. The Morgan fingerprint density at radius 3 is 2.60 bits per heavy atom. The molecule has 3 rings (SSSR count). The monoisotopic (exact) mass is 426 g/mol. The van der Waals surface area contributed by atoms with E-state index in [1.807, 2.05) is 12.1 Å². The molecule has 0 spiro atoms. The molecule has 2 atom stereocenters. The minimum absolute atomic E-state index is 0.0935. The molecule has 0 bridgehead atoms. The predicted molar refractivity (Wildman–Crippen MR) is 119 cm³/mol. The summed E-state index contributed by atoms with van der Waals surface area (Å²) >= 11 is 1.53. The van der Waals surface area contributed by atoms with Gasteiger partial charge in [0.15, 0.2) is 11.0 Å². The van der Waals surface area contributed by atoms with E-state index in [0.29, 0.717) is 12.1 Å². The van der Waals surface area contributed by atoms with Crippen LogP contribution in [0.4, 0.5) is 5.69 Å². The second-order valence-corrected chi connectivity index (χ2v) is 8.95. The highest BCUT2D eigenvalue weighted by Crippen LogP contribution is 2.34. The summed E-state index contributed by atoms with van der Waals surface area (Å²) in [6.07, 6.45) is 3.87. The van der Waals surface area contributed by atoms with Crippen LogP contribution in [0.3, 0.4) is 0 Å². The molecule has 1 fully saturated rings. The SMILES string of the molecule is CCCCn1c(SC2CCN(c3ccc(C#N)cc3)C2=O)nnc1C(CC)N(C)C. The number of benzene rings is 1. The molecule has 30 heavy (non-hydrogen) atoms. The maximum atomic E-state index is 13.1. The first-order chi connectivity index (χ1) is 14.5. The molecule has 0 N–H and O–H groups in total. The summed E-state index contributed by atoms with van der Waals surface area (Å²) in [7, 11) is 4.13. The summed E-state index contributed by atoms with van der Waals surface area (Å²) in [6, 6.07) is 9.51. The van der Waals surface area contributed by atoms with Gasteiger partial charge in [-0.25, -0.2) is 0 Å². The highest BCUT2D eigenvalue weighted by Gasteiger charge is 2.35. The zero-order valence-electron chi connectivity index (χ0n) is 18.2. The largest absolute Gasteiger partial charge is 0.311 e. The predicted octanol–water partition coefficient (Wildman–Crippen LogP) is 3.86. The van der Waals surface area contributed by atoms with Crippen molar-refractivity contribution in [3.8, 4) is 6.07 Å². The van der Waals surface area contributed by atoms with E-state index in [2.05, 4.69) is 53.7 Å². The van der Waals surface area contributed by atoms with Gasteiger partial charge in [0.05, 0.1) is 22.9 Å². The number of rotatable bonds is 9. The Morgan fingerprint density at radius 1 is 1.27 bits per heavy atom. The van der Waals surface area contributed by atoms with Crippen LogP contribution in [0.2, 0.25) is 0 Å². The molecule has 1 saturated heterocycles. The van der Waals surface area contributed by atoms with Gasteiger partial charge in [-0.1, -0.05) is 32.0 Å². The van der Waals surface area contributed by atoms with Gasteiger partial charge < -0.3 is 9.47 Å². The van der Waals surface area contributed by atoms with Gasteiger partial charge in [0.1, 0.15) is 0 Å². The number of hydrogen-bond donors (Lipinski definition) is 0. The maximum Gasteiger partial charge on any atom is 0.240 e. The molecule has 2 unspecified atom stereocenters. The fourth-order valence-corrected chi connectivity index (χ4v) is 4.91. The minimum Gasteiger partial charge on any atom is -0.311 e. The van der Waals surface area contributed by atoms with Crippen molar-refractivity contribution in [2.45, 2.75) is 62.5 Å². The number of carbonyl (C=O) groups is 1. The summed E-state index contributed by atoms with van der Waals surface area (Å²) in [5, 5.41) is 18.6. The van der Waals surface area contributed by atoms with Crippen LogP contribution in [0.1, 0.15) is 57.0 Å². The summed E-state index contributed by atoms with van der Waals surface area (Å²) in [4.78, 5) is 17.1. The third kappa shape index (κ3) is 4.68. The van der Waals surface area contributed by atoms with Crippen molar-refractivity contribution in [1.29, 1.82) is 5.26 Å². The quantitative estimate of drug-likeness (QED) is 0.606. The normalized spacial score (nSPS) is 17.5. The lowest BCUT2D eigenvalue weighted by atomic mass is 10.2. The fourth-order valence-electron chi connectivity index (χ4n) is 3.80. The molecule has 0 saturated carbocycles. The number of nitriles is 1. The minimum atomic E-state index is -0.169. The Balaban J connectivity index is 1.79. The second kappa shape index (κ2) is 10.1. The van der Waals surface area contributed by atoms with Crippen LogP contribution in [0, 0.1) is 11.3 Å². The van der Waals surface area contributed by atoms with Crippen LogP contribution >= 0.6 is 11.8 Å². The third-order valence-corrected chi connectivity index (χ3v) is 6.74. The molecular formula is C22H30N6OS. The Bertz CT molecular complexity index is 901. The van der Waals surface area contributed by atoms with E-state index in [4.69, 9.17) is 5.26 Å². The van der Waals surface area contributed by atoms with Crippen molar-refractivity contribution < 1.29 is 4.79 Å². The van der Waals surface area contributed by atoms with Crippen molar-refractivity contribution in [2.75, 3.05) is 25.5 Å². The molecule has 1 aliphatic heterocycles. The van der Waals surface area contributed by atoms with Gasteiger partial charge in [0.2, 0.25) is 5.91 Å². The molecule has 2 heterocycles. The zero-order valence-corrected chi connectivity index (χ0v) is 19.0. The standard InChI is InChI=1S/C22H30N6OS/c1-5-7-13-28-20(18(6-2)26(3)4)24-25-22(28)30-19-12-14-27(21(19)29)17-10-8-16(15-23)9-11-17/h8-11,18-19H,5-7,12-14H2,1-4H3. The molecule has 2 aromatic rings. The van der Waals surface area contributed by atoms with Gasteiger partial charge >= 0.3 is 0 Å². The summed E-state index contributed by atoms with van der Waals surface area (Å²) < 4.78 is 2.21. The molecule has 160 valence electrons. The van der Waals surface area contributed by atoms with E-state index in [-0.39, 0.29) is 17.2 Å². The van der Waals surface area contributed by atoms with Gasteiger partial charge in [-0.05, 0) is 57.6 Å². The van der Waals surface area contributed by atoms with Crippen molar-refractivity contribution in [3.05, 3.63) is 35.7 Å². The third-order valence-electron chi connectivity index (χ3n) is 5.50. The lowest BCUT2D eigenvalue weighted by Crippen LogP contribution is -2.28. The van der Waals surface area contributed by atoms with Crippen molar-refractivity contribution in [3.63, 3.8) is 0 Å². The Kier molecular flexibility index (Phi) is 7.51.